The van der Waals surface area contributed by atoms with Crippen molar-refractivity contribution in [1.29, 1.82) is 0 Å². The van der Waals surface area contributed by atoms with Crippen molar-refractivity contribution in [2.75, 3.05) is 5.73 Å². The van der Waals surface area contributed by atoms with Gasteiger partial charge in [-0.25, -0.2) is 9.97 Å². The Morgan fingerprint density at radius 3 is 2.05 bits per heavy atom. The zero-order valence-corrected chi connectivity index (χ0v) is 13.0. The Hall–Kier alpha value is -1.12. The van der Waals surface area contributed by atoms with E-state index in [-0.39, 0.29) is 0 Å². The summed E-state index contributed by atoms with van der Waals surface area (Å²) >= 11 is 0. The van der Waals surface area contributed by atoms with Crippen LogP contribution in [0.5, 0.6) is 0 Å². The fourth-order valence-electron chi connectivity index (χ4n) is 3.07. The summed E-state index contributed by atoms with van der Waals surface area (Å²) in [6.07, 6.45) is 4.96. The number of anilines is 1. The Morgan fingerprint density at radius 2 is 1.58 bits per heavy atom. The van der Waals surface area contributed by atoms with Crippen LogP contribution in [0.1, 0.15) is 69.5 Å². The zero-order chi connectivity index (χ0) is 14.2. The Bertz CT molecular complexity index is 429. The van der Waals surface area contributed by atoms with Gasteiger partial charge in [-0.05, 0) is 50.9 Å². The van der Waals surface area contributed by atoms with E-state index in [4.69, 9.17) is 5.73 Å². The first-order valence-electron chi connectivity index (χ1n) is 7.39. The second-order valence-electron chi connectivity index (χ2n) is 7.09. The molecular weight excluding hydrogens is 234 g/mol. The highest BCUT2D eigenvalue weighted by atomic mass is 15.0. The molecule has 0 aliphatic heterocycles. The second-order valence-corrected chi connectivity index (χ2v) is 7.09. The first-order chi connectivity index (χ1) is 8.79. The van der Waals surface area contributed by atoms with Gasteiger partial charge in [-0.1, -0.05) is 20.8 Å². The fourth-order valence-corrected chi connectivity index (χ4v) is 3.07. The molecule has 0 saturated heterocycles. The maximum absolute atomic E-state index is 5.97. The van der Waals surface area contributed by atoms with Crippen LogP contribution in [0, 0.1) is 25.2 Å². The summed E-state index contributed by atoms with van der Waals surface area (Å²) in [5, 5.41) is 0. The standard InChI is InChI=1S/C16H27N3/c1-10-11(2)18-15(19-14(10)17)12-6-8-13(9-7-12)16(3,4)5/h12-13H,6-9H2,1-5H3,(H2,17,18,19). The normalized spacial score (nSPS) is 24.5. The molecule has 3 heteroatoms. The molecule has 0 unspecified atom stereocenters. The van der Waals surface area contributed by atoms with Crippen molar-refractivity contribution < 1.29 is 0 Å². The molecule has 2 rings (SSSR count). The van der Waals surface area contributed by atoms with E-state index in [0.717, 1.165) is 23.0 Å². The summed E-state index contributed by atoms with van der Waals surface area (Å²) in [6.45, 7) is 11.1. The largest absolute Gasteiger partial charge is 0.383 e. The van der Waals surface area contributed by atoms with E-state index in [1.807, 2.05) is 13.8 Å². The van der Waals surface area contributed by atoms with Crippen LogP contribution < -0.4 is 5.73 Å². The van der Waals surface area contributed by atoms with Gasteiger partial charge < -0.3 is 5.73 Å². The van der Waals surface area contributed by atoms with Crippen LogP contribution in [0.4, 0.5) is 5.82 Å². The van der Waals surface area contributed by atoms with Crippen LogP contribution in [-0.2, 0) is 0 Å². The number of rotatable bonds is 1. The summed E-state index contributed by atoms with van der Waals surface area (Å²) in [6, 6.07) is 0. The lowest BCUT2D eigenvalue weighted by atomic mass is 9.69. The van der Waals surface area contributed by atoms with Crippen LogP contribution in [0.2, 0.25) is 0 Å². The van der Waals surface area contributed by atoms with Gasteiger partial charge in [0.05, 0.1) is 0 Å². The Labute approximate surface area is 117 Å². The molecular formula is C16H27N3. The highest BCUT2D eigenvalue weighted by molar-refractivity contribution is 5.40. The fraction of sp³-hybridized carbons (Fsp3) is 0.750. The lowest BCUT2D eigenvalue weighted by Gasteiger charge is -2.36. The highest BCUT2D eigenvalue weighted by Crippen LogP contribution is 2.42. The molecule has 1 aliphatic carbocycles. The predicted octanol–water partition coefficient (Wildman–Crippen LogP) is 4.00. The van der Waals surface area contributed by atoms with E-state index in [2.05, 4.69) is 30.7 Å². The Kier molecular flexibility index (Phi) is 3.84. The van der Waals surface area contributed by atoms with Gasteiger partial charge in [0.15, 0.2) is 0 Å². The third-order valence-electron chi connectivity index (χ3n) is 4.76. The first kappa shape index (κ1) is 14.3. The molecule has 0 radical (unpaired) electrons. The Balaban J connectivity index is 2.10. The van der Waals surface area contributed by atoms with Crippen molar-refractivity contribution in [2.24, 2.45) is 11.3 Å². The van der Waals surface area contributed by atoms with Crippen LogP contribution >= 0.6 is 0 Å². The van der Waals surface area contributed by atoms with Gasteiger partial charge >= 0.3 is 0 Å². The van der Waals surface area contributed by atoms with Crippen molar-refractivity contribution in [2.45, 2.75) is 66.2 Å². The molecule has 0 bridgehead atoms. The molecule has 0 amide bonds. The van der Waals surface area contributed by atoms with Gasteiger partial charge in [0.2, 0.25) is 0 Å². The molecule has 106 valence electrons. The average Bonchev–Trinajstić information content (AvgIpc) is 2.34. The zero-order valence-electron chi connectivity index (χ0n) is 13.0. The molecule has 1 aromatic heterocycles. The lowest BCUT2D eigenvalue weighted by Crippen LogP contribution is -2.26. The molecule has 1 aromatic rings. The quantitative estimate of drug-likeness (QED) is 0.831. The molecule has 0 aromatic carbocycles. The number of aromatic nitrogens is 2. The third-order valence-corrected chi connectivity index (χ3v) is 4.76. The van der Waals surface area contributed by atoms with E-state index < -0.39 is 0 Å². The predicted molar refractivity (Wildman–Crippen MR) is 80.1 cm³/mol. The van der Waals surface area contributed by atoms with Crippen molar-refractivity contribution in [3.05, 3.63) is 17.1 Å². The monoisotopic (exact) mass is 261 g/mol. The highest BCUT2D eigenvalue weighted by Gasteiger charge is 2.31. The molecule has 19 heavy (non-hydrogen) atoms. The maximum Gasteiger partial charge on any atom is 0.134 e. The summed E-state index contributed by atoms with van der Waals surface area (Å²) < 4.78 is 0. The third kappa shape index (κ3) is 3.07. The number of hydrogen-bond donors (Lipinski definition) is 1. The molecule has 1 fully saturated rings. The minimum absolute atomic E-state index is 0.425. The van der Waals surface area contributed by atoms with Gasteiger partial charge in [-0.15, -0.1) is 0 Å². The number of aryl methyl sites for hydroxylation is 1. The summed E-state index contributed by atoms with van der Waals surface area (Å²) in [5.74, 6) is 2.95. The SMILES string of the molecule is Cc1nc(C2CCC(C(C)(C)C)CC2)nc(N)c1C. The van der Waals surface area contributed by atoms with Crippen LogP contribution in [0.15, 0.2) is 0 Å². The van der Waals surface area contributed by atoms with Gasteiger partial charge in [0.1, 0.15) is 11.6 Å². The van der Waals surface area contributed by atoms with E-state index in [1.165, 1.54) is 25.7 Å². The minimum atomic E-state index is 0.425. The lowest BCUT2D eigenvalue weighted by molar-refractivity contribution is 0.167. The summed E-state index contributed by atoms with van der Waals surface area (Å²) in [7, 11) is 0. The van der Waals surface area contributed by atoms with E-state index in [9.17, 15) is 0 Å². The van der Waals surface area contributed by atoms with Crippen molar-refractivity contribution in [3.8, 4) is 0 Å². The van der Waals surface area contributed by atoms with Gasteiger partial charge in [0.25, 0.3) is 0 Å². The van der Waals surface area contributed by atoms with E-state index in [0.29, 0.717) is 17.2 Å². The number of nitrogen functional groups attached to an aromatic ring is 1. The van der Waals surface area contributed by atoms with E-state index in [1.54, 1.807) is 0 Å². The number of hydrogen-bond acceptors (Lipinski definition) is 3. The summed E-state index contributed by atoms with van der Waals surface area (Å²) in [4.78, 5) is 9.16. The maximum atomic E-state index is 5.97. The van der Waals surface area contributed by atoms with Crippen LogP contribution in [-0.4, -0.2) is 9.97 Å². The molecule has 1 aliphatic rings. The molecule has 0 atom stereocenters. The molecule has 1 heterocycles. The first-order valence-corrected chi connectivity index (χ1v) is 7.39. The van der Waals surface area contributed by atoms with Gasteiger partial charge in [-0.3, -0.25) is 0 Å². The molecule has 0 spiro atoms. The summed E-state index contributed by atoms with van der Waals surface area (Å²) in [5.41, 5.74) is 8.45. The van der Waals surface area contributed by atoms with Gasteiger partial charge in [-0.2, -0.15) is 0 Å². The minimum Gasteiger partial charge on any atom is -0.383 e. The molecule has 1 saturated carbocycles. The van der Waals surface area contributed by atoms with E-state index >= 15 is 0 Å². The number of nitrogens with zero attached hydrogens (tertiary/aromatic N) is 2. The van der Waals surface area contributed by atoms with Gasteiger partial charge in [0, 0.05) is 17.2 Å². The Morgan fingerprint density at radius 1 is 1.00 bits per heavy atom. The van der Waals surface area contributed by atoms with Crippen molar-refractivity contribution in [1.82, 2.24) is 9.97 Å². The topological polar surface area (TPSA) is 51.8 Å². The number of nitrogens with two attached hydrogens (primary N) is 1. The van der Waals surface area contributed by atoms with Crippen LogP contribution in [0.3, 0.4) is 0 Å². The molecule has 3 nitrogen and oxygen atoms in total. The second kappa shape index (κ2) is 5.10. The average molecular weight is 261 g/mol. The van der Waals surface area contributed by atoms with Crippen LogP contribution in [0.25, 0.3) is 0 Å². The van der Waals surface area contributed by atoms with Crippen molar-refractivity contribution in [3.63, 3.8) is 0 Å². The molecule has 2 N–H and O–H groups in total. The van der Waals surface area contributed by atoms with Crippen molar-refractivity contribution >= 4 is 5.82 Å². The smallest absolute Gasteiger partial charge is 0.134 e.